The maximum absolute atomic E-state index is 12.9. The van der Waals surface area contributed by atoms with Crippen LogP contribution in [0.1, 0.15) is 27.2 Å². The molecule has 0 spiro atoms. The van der Waals surface area contributed by atoms with Gasteiger partial charge < -0.3 is 10.4 Å². The molecule has 0 bridgehead atoms. The van der Waals surface area contributed by atoms with E-state index in [9.17, 15) is 23.1 Å². The summed E-state index contributed by atoms with van der Waals surface area (Å²) in [6.45, 7) is 1.84. The molecule has 0 saturated heterocycles. The molecule has 2 N–H and O–H groups in total. The molecule has 0 aliphatic rings. The van der Waals surface area contributed by atoms with Gasteiger partial charge in [0.15, 0.2) is 11.4 Å². The number of aromatic hydroxyl groups is 1. The number of carbonyl (C=O) groups is 1. The maximum atomic E-state index is 12.9. The average molecular weight is 486 g/mol. The fourth-order valence-electron chi connectivity index (χ4n) is 3.48. The summed E-state index contributed by atoms with van der Waals surface area (Å²) in [6.07, 6.45) is -4.44. The Morgan fingerprint density at radius 2 is 1.68 bits per heavy atom. The Morgan fingerprint density at radius 3 is 2.29 bits per heavy atom. The van der Waals surface area contributed by atoms with Crippen LogP contribution in [-0.4, -0.2) is 20.8 Å². The van der Waals surface area contributed by atoms with Crippen molar-refractivity contribution < 1.29 is 23.1 Å². The van der Waals surface area contributed by atoms with Crippen molar-refractivity contribution in [3.63, 3.8) is 0 Å². The normalized spacial score (nSPS) is 11.4. The molecule has 174 valence electrons. The molecular formula is C25H19ClF3N3O2. The Kier molecular flexibility index (Phi) is 6.34. The summed E-state index contributed by atoms with van der Waals surface area (Å²) in [5.74, 6) is -0.990. The summed E-state index contributed by atoms with van der Waals surface area (Å²) in [5, 5.41) is 18.5. The van der Waals surface area contributed by atoms with E-state index in [1.54, 1.807) is 24.3 Å². The molecule has 5 nitrogen and oxygen atoms in total. The summed E-state index contributed by atoms with van der Waals surface area (Å²) < 4.78 is 39.8. The van der Waals surface area contributed by atoms with E-state index in [0.717, 1.165) is 17.7 Å². The first-order chi connectivity index (χ1) is 16.1. The second-order valence-corrected chi connectivity index (χ2v) is 8.06. The van der Waals surface area contributed by atoms with E-state index in [2.05, 4.69) is 10.4 Å². The number of carbonyl (C=O) groups excluding carboxylic acids is 1. The van der Waals surface area contributed by atoms with Crippen LogP contribution in [0.5, 0.6) is 5.75 Å². The third-order valence-corrected chi connectivity index (χ3v) is 5.52. The van der Waals surface area contributed by atoms with E-state index in [-0.39, 0.29) is 18.0 Å². The van der Waals surface area contributed by atoms with Gasteiger partial charge in [-0.1, -0.05) is 54.1 Å². The van der Waals surface area contributed by atoms with Gasteiger partial charge in [-0.15, -0.1) is 0 Å². The number of rotatable bonds is 5. The lowest BCUT2D eigenvalue weighted by molar-refractivity contribution is -0.137. The van der Waals surface area contributed by atoms with Gasteiger partial charge in [0.1, 0.15) is 5.69 Å². The second-order valence-electron chi connectivity index (χ2n) is 7.63. The van der Waals surface area contributed by atoms with Crippen LogP contribution < -0.4 is 5.32 Å². The molecule has 3 aromatic carbocycles. The van der Waals surface area contributed by atoms with Crippen LogP contribution >= 0.6 is 11.6 Å². The summed E-state index contributed by atoms with van der Waals surface area (Å²) in [7, 11) is 0. The predicted octanol–water partition coefficient (Wildman–Crippen LogP) is 6.16. The number of para-hydroxylation sites is 1. The molecule has 0 unspecified atom stereocenters. The summed E-state index contributed by atoms with van der Waals surface area (Å²) in [4.78, 5) is 12.9. The fraction of sp³-hybridized carbons (Fsp3) is 0.120. The molecule has 0 aliphatic heterocycles. The zero-order chi connectivity index (χ0) is 24.5. The number of nitrogens with zero attached hydrogens (tertiary/aromatic N) is 2. The Labute approximate surface area is 198 Å². The number of hydrogen-bond donors (Lipinski definition) is 2. The number of aryl methyl sites for hydroxylation is 1. The summed E-state index contributed by atoms with van der Waals surface area (Å²) in [5.41, 5.74) is 1.94. The molecular weight excluding hydrogens is 467 g/mol. The van der Waals surface area contributed by atoms with Crippen LogP contribution in [0.15, 0.2) is 72.8 Å². The molecule has 0 fully saturated rings. The molecule has 1 aromatic heterocycles. The molecule has 0 atom stereocenters. The van der Waals surface area contributed by atoms with Crippen molar-refractivity contribution in [2.45, 2.75) is 19.6 Å². The highest BCUT2D eigenvalue weighted by Crippen LogP contribution is 2.36. The van der Waals surface area contributed by atoms with Gasteiger partial charge in [0.25, 0.3) is 5.91 Å². The van der Waals surface area contributed by atoms with Crippen LogP contribution in [0.3, 0.4) is 0 Å². The van der Waals surface area contributed by atoms with Crippen LogP contribution in [0.25, 0.3) is 16.9 Å². The smallest absolute Gasteiger partial charge is 0.416 e. The van der Waals surface area contributed by atoms with Gasteiger partial charge >= 0.3 is 6.18 Å². The van der Waals surface area contributed by atoms with Gasteiger partial charge in [-0.25, -0.2) is 4.68 Å². The minimum absolute atomic E-state index is 0.0378. The third-order valence-electron chi connectivity index (χ3n) is 5.27. The average Bonchev–Trinajstić information content (AvgIpc) is 3.15. The van der Waals surface area contributed by atoms with Crippen molar-refractivity contribution >= 4 is 17.5 Å². The summed E-state index contributed by atoms with van der Waals surface area (Å²) in [6, 6.07) is 18.6. The minimum atomic E-state index is -4.44. The largest absolute Gasteiger partial charge is 0.504 e. The zero-order valence-electron chi connectivity index (χ0n) is 17.9. The number of aromatic nitrogens is 2. The highest BCUT2D eigenvalue weighted by Gasteiger charge is 2.30. The molecule has 34 heavy (non-hydrogen) atoms. The molecule has 0 aliphatic carbocycles. The number of halogens is 4. The monoisotopic (exact) mass is 485 g/mol. The second kappa shape index (κ2) is 9.23. The lowest BCUT2D eigenvalue weighted by atomic mass is 10.1. The van der Waals surface area contributed by atoms with Crippen molar-refractivity contribution in [2.75, 3.05) is 0 Å². The number of nitrogens with one attached hydrogen (secondary N) is 1. The number of amides is 1. The van der Waals surface area contributed by atoms with Crippen molar-refractivity contribution in [2.24, 2.45) is 0 Å². The maximum Gasteiger partial charge on any atom is 0.416 e. The summed E-state index contributed by atoms with van der Waals surface area (Å²) >= 11 is 6.00. The van der Waals surface area contributed by atoms with Crippen molar-refractivity contribution in [3.05, 3.63) is 100 Å². The lowest BCUT2D eigenvalue weighted by Crippen LogP contribution is -2.23. The number of alkyl halides is 3. The van der Waals surface area contributed by atoms with Crippen molar-refractivity contribution in [1.29, 1.82) is 0 Å². The van der Waals surface area contributed by atoms with Gasteiger partial charge in [0, 0.05) is 17.1 Å². The Bertz CT molecular complexity index is 1330. The van der Waals surface area contributed by atoms with Crippen molar-refractivity contribution in [3.8, 4) is 22.7 Å². The lowest BCUT2D eigenvalue weighted by Gasteiger charge is -2.10. The highest BCUT2D eigenvalue weighted by molar-refractivity contribution is 6.30. The topological polar surface area (TPSA) is 67.2 Å². The first-order valence-electron chi connectivity index (χ1n) is 10.2. The standard InChI is InChI=1S/C25H19ClF3N3O2/c1-15-4-2-3-5-20(15)32-22(17-8-12-19(26)13-9-17)23(33)21(31-32)24(34)30-14-16-6-10-18(11-7-16)25(27,28)29/h2-13,33H,14H2,1H3,(H,30,34). The highest BCUT2D eigenvalue weighted by atomic mass is 35.5. The van der Waals surface area contributed by atoms with Gasteiger partial charge in [0.2, 0.25) is 0 Å². The first kappa shape index (κ1) is 23.4. The predicted molar refractivity (Wildman–Crippen MR) is 123 cm³/mol. The molecule has 9 heteroatoms. The van der Waals surface area contributed by atoms with Gasteiger partial charge in [-0.3, -0.25) is 4.79 Å². The third kappa shape index (κ3) is 4.77. The molecule has 0 radical (unpaired) electrons. The molecule has 0 saturated carbocycles. The van der Waals surface area contributed by atoms with E-state index in [1.807, 2.05) is 31.2 Å². The van der Waals surface area contributed by atoms with Gasteiger partial charge in [-0.2, -0.15) is 18.3 Å². The molecule has 1 heterocycles. The molecule has 1 amide bonds. The van der Waals surface area contributed by atoms with E-state index >= 15 is 0 Å². The van der Waals surface area contributed by atoms with Crippen LogP contribution in [0.4, 0.5) is 13.2 Å². The van der Waals surface area contributed by atoms with E-state index < -0.39 is 17.6 Å². The fourth-order valence-corrected chi connectivity index (χ4v) is 3.61. The van der Waals surface area contributed by atoms with E-state index in [0.29, 0.717) is 27.5 Å². The Morgan fingerprint density at radius 1 is 1.03 bits per heavy atom. The van der Waals surface area contributed by atoms with E-state index in [4.69, 9.17) is 11.6 Å². The van der Waals surface area contributed by atoms with E-state index in [1.165, 1.54) is 16.8 Å². The van der Waals surface area contributed by atoms with Crippen LogP contribution in [-0.2, 0) is 12.7 Å². The first-order valence-corrected chi connectivity index (χ1v) is 10.6. The van der Waals surface area contributed by atoms with Gasteiger partial charge in [-0.05, 0) is 48.4 Å². The zero-order valence-corrected chi connectivity index (χ0v) is 18.7. The van der Waals surface area contributed by atoms with Crippen LogP contribution in [0.2, 0.25) is 5.02 Å². The number of hydrogen-bond acceptors (Lipinski definition) is 3. The SMILES string of the molecule is Cc1ccccc1-n1nc(C(=O)NCc2ccc(C(F)(F)F)cc2)c(O)c1-c1ccc(Cl)cc1. The molecule has 4 rings (SSSR count). The Balaban J connectivity index is 1.67. The number of benzene rings is 3. The van der Waals surface area contributed by atoms with Crippen LogP contribution in [0, 0.1) is 6.92 Å². The van der Waals surface area contributed by atoms with Gasteiger partial charge in [0.05, 0.1) is 11.3 Å². The molecule has 4 aromatic rings. The van der Waals surface area contributed by atoms with Crippen molar-refractivity contribution in [1.82, 2.24) is 15.1 Å². The minimum Gasteiger partial charge on any atom is -0.504 e. The Hall–Kier alpha value is -3.78. The quantitative estimate of drug-likeness (QED) is 0.356.